The first-order valence-corrected chi connectivity index (χ1v) is 3.99. The summed E-state index contributed by atoms with van der Waals surface area (Å²) in [7, 11) is 0. The molecule has 0 heterocycles. The van der Waals surface area contributed by atoms with E-state index in [0.29, 0.717) is 11.3 Å². The zero-order valence-corrected chi connectivity index (χ0v) is 7.47. The Bertz CT molecular complexity index is 364. The number of nitrogens with zero attached hydrogens (tertiary/aromatic N) is 1. The Morgan fingerprint density at radius 2 is 2.08 bits per heavy atom. The molecule has 64 valence electrons. The molecule has 1 N–H and O–H groups in total. The van der Waals surface area contributed by atoms with Gasteiger partial charge in [0.15, 0.2) is 0 Å². The molecule has 13 heavy (non-hydrogen) atoms. The maximum absolute atomic E-state index is 10.8. The van der Waals surface area contributed by atoms with Crippen LogP contribution in [0.3, 0.4) is 0 Å². The number of thiocarbonyl (C=S) groups is 1. The van der Waals surface area contributed by atoms with E-state index < -0.39 is 0 Å². The third-order valence-corrected chi connectivity index (χ3v) is 1.60. The van der Waals surface area contributed by atoms with Gasteiger partial charge in [-0.05, 0) is 24.3 Å². The van der Waals surface area contributed by atoms with Crippen LogP contribution in [0, 0.1) is 11.3 Å². The number of benzene rings is 1. The van der Waals surface area contributed by atoms with Crippen LogP contribution in [0.2, 0.25) is 0 Å². The highest BCUT2D eigenvalue weighted by Crippen LogP contribution is 2.07. The molecular formula is C9H6N2OS. The molecule has 1 aromatic rings. The molecule has 0 fully saturated rings. The largest absolute Gasteiger partial charge is 0.322 e. The van der Waals surface area contributed by atoms with E-state index in [0.717, 1.165) is 5.37 Å². The van der Waals surface area contributed by atoms with E-state index in [4.69, 9.17) is 5.26 Å². The third kappa shape index (κ3) is 2.65. The van der Waals surface area contributed by atoms with Crippen molar-refractivity contribution >= 4 is 29.2 Å². The molecule has 0 aliphatic rings. The predicted molar refractivity (Wildman–Crippen MR) is 53.4 cm³/mol. The first-order chi connectivity index (χ1) is 6.26. The minimum Gasteiger partial charge on any atom is -0.322 e. The predicted octanol–water partition coefficient (Wildman–Crippen LogP) is 1.50. The molecule has 0 spiro atoms. The van der Waals surface area contributed by atoms with Gasteiger partial charge in [0.2, 0.25) is 0 Å². The molecule has 0 atom stereocenters. The zero-order chi connectivity index (χ0) is 9.68. The van der Waals surface area contributed by atoms with Crippen LogP contribution in [0.1, 0.15) is 5.56 Å². The molecule has 3 nitrogen and oxygen atoms in total. The normalized spacial score (nSPS) is 8.54. The molecule has 1 rings (SSSR count). The van der Waals surface area contributed by atoms with E-state index >= 15 is 0 Å². The van der Waals surface area contributed by atoms with Gasteiger partial charge in [-0.2, -0.15) is 5.26 Å². The van der Waals surface area contributed by atoms with E-state index in [1.54, 1.807) is 24.3 Å². The number of carbonyl (C=O) groups excluding carboxylic acids is 1. The first kappa shape index (κ1) is 9.36. The smallest absolute Gasteiger partial charge is 0.259 e. The van der Waals surface area contributed by atoms with E-state index in [-0.39, 0.29) is 5.91 Å². The number of rotatable bonds is 2. The summed E-state index contributed by atoms with van der Waals surface area (Å²) in [5.74, 6) is -0.334. The van der Waals surface area contributed by atoms with Gasteiger partial charge in [0.1, 0.15) is 0 Å². The number of anilines is 1. The second kappa shape index (κ2) is 4.33. The lowest BCUT2D eigenvalue weighted by atomic mass is 10.2. The van der Waals surface area contributed by atoms with Crippen molar-refractivity contribution in [3.05, 3.63) is 29.8 Å². The van der Waals surface area contributed by atoms with Gasteiger partial charge in [0.05, 0.1) is 17.0 Å². The van der Waals surface area contributed by atoms with Crippen LogP contribution < -0.4 is 5.32 Å². The van der Waals surface area contributed by atoms with Gasteiger partial charge in [-0.25, -0.2) is 0 Å². The van der Waals surface area contributed by atoms with Crippen molar-refractivity contribution in [2.24, 2.45) is 0 Å². The summed E-state index contributed by atoms with van der Waals surface area (Å²) in [5.41, 5.74) is 1.19. The van der Waals surface area contributed by atoms with Crippen molar-refractivity contribution < 1.29 is 4.79 Å². The molecule has 1 aromatic carbocycles. The standard InChI is InChI=1S/C9H6N2OS/c10-5-7-1-3-8(4-2-7)11-9(12)6-13/h1-4,6H,(H,11,12). The maximum atomic E-state index is 10.8. The molecule has 0 aliphatic heterocycles. The van der Waals surface area contributed by atoms with Crippen LogP contribution in [0.15, 0.2) is 24.3 Å². The van der Waals surface area contributed by atoms with Gasteiger partial charge in [0, 0.05) is 5.69 Å². The number of hydrogen-bond acceptors (Lipinski definition) is 3. The van der Waals surface area contributed by atoms with Crippen LogP contribution in [0.4, 0.5) is 5.69 Å². The summed E-state index contributed by atoms with van der Waals surface area (Å²) in [6, 6.07) is 8.52. The lowest BCUT2D eigenvalue weighted by Gasteiger charge is -1.99. The zero-order valence-electron chi connectivity index (χ0n) is 6.65. The van der Waals surface area contributed by atoms with Gasteiger partial charge in [0.25, 0.3) is 5.91 Å². The van der Waals surface area contributed by atoms with E-state index in [1.807, 2.05) is 6.07 Å². The number of hydrogen-bond donors (Lipinski definition) is 1. The second-order valence-corrected chi connectivity index (χ2v) is 2.53. The average molecular weight is 190 g/mol. The van der Waals surface area contributed by atoms with Crippen LogP contribution >= 0.6 is 12.2 Å². The molecule has 0 saturated heterocycles. The van der Waals surface area contributed by atoms with Gasteiger partial charge in [-0.3, -0.25) is 4.79 Å². The highest BCUT2D eigenvalue weighted by Gasteiger charge is 1.96. The van der Waals surface area contributed by atoms with Crippen LogP contribution in [0.25, 0.3) is 0 Å². The van der Waals surface area contributed by atoms with Crippen molar-refractivity contribution in [1.29, 1.82) is 5.26 Å². The Kier molecular flexibility index (Phi) is 3.12. The van der Waals surface area contributed by atoms with Crippen LogP contribution in [-0.2, 0) is 4.79 Å². The molecule has 0 saturated carbocycles. The molecule has 0 unspecified atom stereocenters. The van der Waals surface area contributed by atoms with Crippen molar-refractivity contribution in [2.45, 2.75) is 0 Å². The molecule has 0 bridgehead atoms. The summed E-state index contributed by atoms with van der Waals surface area (Å²) in [6.07, 6.45) is 0. The number of carbonyl (C=O) groups is 1. The fraction of sp³-hybridized carbons (Fsp3) is 0. The minimum absolute atomic E-state index is 0.334. The Balaban J connectivity index is 2.76. The van der Waals surface area contributed by atoms with Crippen LogP contribution in [-0.4, -0.2) is 11.3 Å². The number of nitriles is 1. The Hall–Kier alpha value is -1.73. The fourth-order valence-corrected chi connectivity index (χ4v) is 0.859. The monoisotopic (exact) mass is 190 g/mol. The van der Waals surface area contributed by atoms with E-state index in [1.165, 1.54) is 0 Å². The van der Waals surface area contributed by atoms with Gasteiger partial charge in [-0.15, -0.1) is 0 Å². The van der Waals surface area contributed by atoms with Gasteiger partial charge < -0.3 is 5.32 Å². The molecular weight excluding hydrogens is 184 g/mol. The highest BCUT2D eigenvalue weighted by molar-refractivity contribution is 7.80. The second-order valence-electron chi connectivity index (χ2n) is 2.30. The van der Waals surface area contributed by atoms with Crippen molar-refractivity contribution in [2.75, 3.05) is 5.32 Å². The minimum atomic E-state index is -0.334. The van der Waals surface area contributed by atoms with Crippen molar-refractivity contribution in [3.63, 3.8) is 0 Å². The van der Waals surface area contributed by atoms with Gasteiger partial charge >= 0.3 is 0 Å². The van der Waals surface area contributed by atoms with Crippen molar-refractivity contribution in [1.82, 2.24) is 0 Å². The first-order valence-electron chi connectivity index (χ1n) is 3.52. The third-order valence-electron chi connectivity index (χ3n) is 1.39. The van der Waals surface area contributed by atoms with Crippen LogP contribution in [0.5, 0.6) is 0 Å². The summed E-state index contributed by atoms with van der Waals surface area (Å²) in [4.78, 5) is 10.8. The maximum Gasteiger partial charge on any atom is 0.259 e. The molecule has 0 aromatic heterocycles. The van der Waals surface area contributed by atoms with Gasteiger partial charge in [-0.1, -0.05) is 12.2 Å². The number of amides is 1. The quantitative estimate of drug-likeness (QED) is 0.719. The lowest BCUT2D eigenvalue weighted by Crippen LogP contribution is -2.10. The topological polar surface area (TPSA) is 52.9 Å². The van der Waals surface area contributed by atoms with Crippen molar-refractivity contribution in [3.8, 4) is 6.07 Å². The fourth-order valence-electron chi connectivity index (χ4n) is 0.800. The summed E-state index contributed by atoms with van der Waals surface area (Å²) < 4.78 is 0. The molecule has 1 amide bonds. The summed E-state index contributed by atoms with van der Waals surface area (Å²) >= 11 is 4.43. The molecule has 4 heteroatoms. The molecule has 0 aliphatic carbocycles. The highest BCUT2D eigenvalue weighted by atomic mass is 32.1. The summed E-state index contributed by atoms with van der Waals surface area (Å²) in [6.45, 7) is 0. The molecule has 0 radical (unpaired) electrons. The van der Waals surface area contributed by atoms with E-state index in [9.17, 15) is 4.79 Å². The summed E-state index contributed by atoms with van der Waals surface area (Å²) in [5, 5.41) is 12.1. The Morgan fingerprint density at radius 3 is 2.54 bits per heavy atom. The lowest BCUT2D eigenvalue weighted by molar-refractivity contribution is -0.109. The number of nitrogens with one attached hydrogen (secondary N) is 1. The Morgan fingerprint density at radius 1 is 1.46 bits per heavy atom. The average Bonchev–Trinajstić information content (AvgIpc) is 2.19. The van der Waals surface area contributed by atoms with E-state index in [2.05, 4.69) is 17.5 Å². The Labute approximate surface area is 81.0 Å². The SMILES string of the molecule is N#Cc1ccc(NC(=O)C=S)cc1.